The van der Waals surface area contributed by atoms with E-state index in [0.29, 0.717) is 11.7 Å². The number of benzene rings is 1. The molecule has 114 valence electrons. The Balaban J connectivity index is 1.45. The van der Waals surface area contributed by atoms with Gasteiger partial charge in [-0.15, -0.1) is 0 Å². The summed E-state index contributed by atoms with van der Waals surface area (Å²) in [5, 5.41) is 4.80. The normalized spacial score (nSPS) is 18.1. The number of amides is 1. The molecule has 1 atom stereocenters. The van der Waals surface area contributed by atoms with Crippen LogP contribution in [0.5, 0.6) is 0 Å². The van der Waals surface area contributed by atoms with Gasteiger partial charge in [0.25, 0.3) is 5.91 Å². The van der Waals surface area contributed by atoms with E-state index in [-0.39, 0.29) is 5.91 Å². The highest BCUT2D eigenvalue weighted by atomic mass is 32.2. The van der Waals surface area contributed by atoms with Gasteiger partial charge >= 0.3 is 0 Å². The van der Waals surface area contributed by atoms with E-state index < -0.39 is 0 Å². The first-order chi connectivity index (χ1) is 10.8. The SMILES string of the molecule is O=C(CSc1nc2ccccc2[nH]1)N/N=C/C1CC=CCC1. The van der Waals surface area contributed by atoms with Gasteiger partial charge < -0.3 is 4.98 Å². The molecule has 2 aromatic rings. The van der Waals surface area contributed by atoms with Crippen LogP contribution in [0.2, 0.25) is 0 Å². The number of hydrogen-bond donors (Lipinski definition) is 2. The zero-order valence-corrected chi connectivity index (χ0v) is 13.0. The lowest BCUT2D eigenvalue weighted by atomic mass is 9.96. The first-order valence-corrected chi connectivity index (χ1v) is 8.34. The van der Waals surface area contributed by atoms with Crippen molar-refractivity contribution in [3.63, 3.8) is 0 Å². The maximum absolute atomic E-state index is 11.8. The lowest BCUT2D eigenvalue weighted by Gasteiger charge is -2.11. The van der Waals surface area contributed by atoms with E-state index in [0.717, 1.165) is 35.5 Å². The molecule has 1 unspecified atom stereocenters. The van der Waals surface area contributed by atoms with Gasteiger partial charge in [-0.1, -0.05) is 36.0 Å². The fraction of sp³-hybridized carbons (Fsp3) is 0.312. The lowest BCUT2D eigenvalue weighted by molar-refractivity contribution is -0.118. The Labute approximate surface area is 133 Å². The van der Waals surface area contributed by atoms with Crippen molar-refractivity contribution >= 4 is 34.9 Å². The smallest absolute Gasteiger partial charge is 0.250 e. The highest BCUT2D eigenvalue weighted by Gasteiger charge is 2.08. The van der Waals surface area contributed by atoms with Crippen LogP contribution >= 0.6 is 11.8 Å². The van der Waals surface area contributed by atoms with Gasteiger partial charge in [-0.05, 0) is 37.3 Å². The average molecular weight is 314 g/mol. The quantitative estimate of drug-likeness (QED) is 0.385. The lowest BCUT2D eigenvalue weighted by Crippen LogP contribution is -2.20. The molecule has 0 bridgehead atoms. The van der Waals surface area contributed by atoms with Crippen LogP contribution in [0.15, 0.2) is 46.7 Å². The van der Waals surface area contributed by atoms with Gasteiger partial charge in [0.1, 0.15) is 0 Å². The molecule has 22 heavy (non-hydrogen) atoms. The first-order valence-electron chi connectivity index (χ1n) is 7.36. The number of thioether (sulfide) groups is 1. The number of nitrogens with zero attached hydrogens (tertiary/aromatic N) is 2. The number of carbonyl (C=O) groups is 1. The number of H-pyrrole nitrogens is 1. The Bertz CT molecular complexity index is 674. The number of hydrazone groups is 1. The zero-order chi connectivity index (χ0) is 15.2. The molecular formula is C16H18N4OS. The molecule has 0 aliphatic heterocycles. The number of allylic oxidation sites excluding steroid dienone is 2. The zero-order valence-electron chi connectivity index (χ0n) is 12.2. The molecule has 2 N–H and O–H groups in total. The largest absolute Gasteiger partial charge is 0.333 e. The molecule has 1 heterocycles. The summed E-state index contributed by atoms with van der Waals surface area (Å²) in [6, 6.07) is 7.81. The van der Waals surface area contributed by atoms with Gasteiger partial charge in [-0.3, -0.25) is 4.79 Å². The van der Waals surface area contributed by atoms with Crippen LogP contribution in [0.3, 0.4) is 0 Å². The molecule has 0 fully saturated rings. The molecule has 1 aromatic carbocycles. The monoisotopic (exact) mass is 314 g/mol. The van der Waals surface area contributed by atoms with Crippen LogP contribution in [0, 0.1) is 5.92 Å². The second-order valence-electron chi connectivity index (χ2n) is 5.21. The molecule has 1 aromatic heterocycles. The Morgan fingerprint density at radius 1 is 1.45 bits per heavy atom. The minimum Gasteiger partial charge on any atom is -0.333 e. The summed E-state index contributed by atoms with van der Waals surface area (Å²) in [5.41, 5.74) is 4.47. The molecule has 3 rings (SSSR count). The van der Waals surface area contributed by atoms with Crippen LogP contribution < -0.4 is 5.43 Å². The fourth-order valence-corrected chi connectivity index (χ4v) is 3.01. The standard InChI is InChI=1S/C16H18N4OS/c21-15(20-17-10-12-6-2-1-3-7-12)11-22-16-18-13-8-4-5-9-14(13)19-16/h1-2,4-5,8-10,12H,3,6-7,11H2,(H,18,19)(H,20,21)/b17-10+. The molecule has 1 aliphatic rings. The van der Waals surface area contributed by atoms with Crippen molar-refractivity contribution < 1.29 is 4.79 Å². The number of fused-ring (bicyclic) bond motifs is 1. The minimum absolute atomic E-state index is 0.118. The molecule has 0 saturated heterocycles. The summed E-state index contributed by atoms with van der Waals surface area (Å²) in [6.45, 7) is 0. The summed E-state index contributed by atoms with van der Waals surface area (Å²) in [5.74, 6) is 0.614. The van der Waals surface area contributed by atoms with Crippen molar-refractivity contribution in [1.82, 2.24) is 15.4 Å². The number of hydrogen-bond acceptors (Lipinski definition) is 4. The van der Waals surface area contributed by atoms with Gasteiger partial charge in [0, 0.05) is 6.21 Å². The maximum Gasteiger partial charge on any atom is 0.250 e. The third kappa shape index (κ3) is 3.98. The van der Waals surface area contributed by atoms with Gasteiger partial charge in [0.2, 0.25) is 0 Å². The van der Waals surface area contributed by atoms with E-state index in [1.165, 1.54) is 11.8 Å². The summed E-state index contributed by atoms with van der Waals surface area (Å²) in [4.78, 5) is 19.4. The predicted octanol–water partition coefficient (Wildman–Crippen LogP) is 3.11. The molecule has 1 amide bonds. The van der Waals surface area contributed by atoms with Crippen molar-refractivity contribution in [1.29, 1.82) is 0 Å². The van der Waals surface area contributed by atoms with Crippen molar-refractivity contribution in [3.8, 4) is 0 Å². The van der Waals surface area contributed by atoms with E-state index in [1.807, 2.05) is 30.5 Å². The van der Waals surface area contributed by atoms with Crippen molar-refractivity contribution in [2.24, 2.45) is 11.0 Å². The van der Waals surface area contributed by atoms with Crippen LogP contribution in [-0.4, -0.2) is 27.8 Å². The summed E-state index contributed by atoms with van der Waals surface area (Å²) >= 11 is 1.38. The second-order valence-corrected chi connectivity index (χ2v) is 6.17. The van der Waals surface area contributed by atoms with Crippen LogP contribution in [0.25, 0.3) is 11.0 Å². The highest BCUT2D eigenvalue weighted by Crippen LogP contribution is 2.19. The van der Waals surface area contributed by atoms with Crippen molar-refractivity contribution in [2.75, 3.05) is 5.75 Å². The Hall–Kier alpha value is -2.08. The number of imidazole rings is 1. The summed E-state index contributed by atoms with van der Waals surface area (Å²) in [6.07, 6.45) is 9.39. The third-order valence-electron chi connectivity index (χ3n) is 3.49. The van der Waals surface area contributed by atoms with E-state index >= 15 is 0 Å². The molecule has 1 aliphatic carbocycles. The maximum atomic E-state index is 11.8. The number of nitrogens with one attached hydrogen (secondary N) is 2. The van der Waals surface area contributed by atoms with Gasteiger partial charge in [0.05, 0.1) is 16.8 Å². The van der Waals surface area contributed by atoms with Crippen LogP contribution in [-0.2, 0) is 4.79 Å². The van der Waals surface area contributed by atoms with Crippen LogP contribution in [0.1, 0.15) is 19.3 Å². The first kappa shape index (κ1) is 14.8. The predicted molar refractivity (Wildman–Crippen MR) is 89.9 cm³/mol. The molecule has 0 radical (unpaired) electrons. The Morgan fingerprint density at radius 3 is 3.18 bits per heavy atom. The molecular weight excluding hydrogens is 296 g/mol. The Morgan fingerprint density at radius 2 is 2.36 bits per heavy atom. The fourth-order valence-electron chi connectivity index (χ4n) is 2.33. The number of carbonyl (C=O) groups excluding carboxylic acids is 1. The summed E-state index contributed by atoms with van der Waals surface area (Å²) < 4.78 is 0. The van der Waals surface area contributed by atoms with Gasteiger partial charge in [0.15, 0.2) is 5.16 Å². The van der Waals surface area contributed by atoms with Crippen molar-refractivity contribution in [2.45, 2.75) is 24.4 Å². The highest BCUT2D eigenvalue weighted by molar-refractivity contribution is 7.99. The molecule has 6 heteroatoms. The van der Waals surface area contributed by atoms with Gasteiger partial charge in [-0.2, -0.15) is 5.10 Å². The molecule has 0 spiro atoms. The number of rotatable bonds is 5. The van der Waals surface area contributed by atoms with E-state index in [9.17, 15) is 4.79 Å². The average Bonchev–Trinajstić information content (AvgIpc) is 2.97. The van der Waals surface area contributed by atoms with Gasteiger partial charge in [-0.25, -0.2) is 10.4 Å². The van der Waals surface area contributed by atoms with E-state index in [1.54, 1.807) is 0 Å². The number of aromatic nitrogens is 2. The molecule has 0 saturated carbocycles. The Kier molecular flexibility index (Phi) is 4.90. The third-order valence-corrected chi connectivity index (χ3v) is 4.37. The van der Waals surface area contributed by atoms with Crippen LogP contribution in [0.4, 0.5) is 0 Å². The minimum atomic E-state index is -0.118. The number of aromatic amines is 1. The topological polar surface area (TPSA) is 70.1 Å². The van der Waals surface area contributed by atoms with E-state index in [4.69, 9.17) is 0 Å². The summed E-state index contributed by atoms with van der Waals surface area (Å²) in [7, 11) is 0. The number of para-hydroxylation sites is 2. The molecule has 5 nitrogen and oxygen atoms in total. The second kappa shape index (κ2) is 7.26. The van der Waals surface area contributed by atoms with Crippen molar-refractivity contribution in [3.05, 3.63) is 36.4 Å². The van der Waals surface area contributed by atoms with E-state index in [2.05, 4.69) is 32.6 Å².